The van der Waals surface area contributed by atoms with Crippen LogP contribution in [0.5, 0.6) is 5.75 Å². The number of anilines is 1. The van der Waals surface area contributed by atoms with Crippen LogP contribution in [0.4, 0.5) is 5.69 Å². The maximum atomic E-state index is 13.0. The molecule has 0 spiro atoms. The predicted molar refractivity (Wildman–Crippen MR) is 108 cm³/mol. The highest BCUT2D eigenvalue weighted by molar-refractivity contribution is 6.07. The summed E-state index contributed by atoms with van der Waals surface area (Å²) >= 11 is 0. The van der Waals surface area contributed by atoms with Crippen molar-refractivity contribution >= 4 is 17.2 Å². The molecule has 3 heterocycles. The summed E-state index contributed by atoms with van der Waals surface area (Å²) in [5.41, 5.74) is 4.58. The van der Waals surface area contributed by atoms with E-state index in [2.05, 4.69) is 11.1 Å². The van der Waals surface area contributed by atoms with Gasteiger partial charge in [-0.3, -0.25) is 4.79 Å². The molecular formula is C23H19N3O2. The molecule has 0 N–H and O–H groups in total. The first-order chi connectivity index (χ1) is 13.8. The number of amides is 1. The predicted octanol–water partition coefficient (Wildman–Crippen LogP) is 4.12. The third-order valence-corrected chi connectivity index (χ3v) is 5.01. The van der Waals surface area contributed by atoms with Crippen molar-refractivity contribution in [2.45, 2.75) is 13.0 Å². The number of benzene rings is 2. The van der Waals surface area contributed by atoms with Crippen molar-refractivity contribution in [2.75, 3.05) is 11.4 Å². The molecule has 2 aromatic heterocycles. The van der Waals surface area contributed by atoms with Crippen LogP contribution in [0.15, 0.2) is 79.1 Å². The van der Waals surface area contributed by atoms with Gasteiger partial charge in [-0.2, -0.15) is 0 Å². The van der Waals surface area contributed by atoms with Gasteiger partial charge in [0.2, 0.25) is 0 Å². The second-order valence-corrected chi connectivity index (χ2v) is 6.85. The first-order valence-corrected chi connectivity index (χ1v) is 9.33. The standard InChI is InChI=1S/C23H19N3O2/c27-23(26-13-11-17-6-1-2-9-21(17)26)18-7-5-8-20(14-18)28-16-19-15-25-12-4-3-10-22(25)24-19/h1-10,12,14-15H,11,13,16H2. The number of aromatic nitrogens is 2. The topological polar surface area (TPSA) is 46.8 Å². The minimum atomic E-state index is 0.00290. The van der Waals surface area contributed by atoms with Crippen molar-refractivity contribution in [2.24, 2.45) is 0 Å². The first kappa shape index (κ1) is 16.6. The summed E-state index contributed by atoms with van der Waals surface area (Å²) in [7, 11) is 0. The van der Waals surface area contributed by atoms with Gasteiger partial charge < -0.3 is 14.0 Å². The molecular weight excluding hydrogens is 350 g/mol. The molecule has 0 radical (unpaired) electrons. The van der Waals surface area contributed by atoms with Gasteiger partial charge in [0, 0.05) is 30.2 Å². The van der Waals surface area contributed by atoms with E-state index in [4.69, 9.17) is 4.74 Å². The Hall–Kier alpha value is -3.60. The van der Waals surface area contributed by atoms with E-state index in [1.165, 1.54) is 5.56 Å². The SMILES string of the molecule is O=C(c1cccc(OCc2cn3ccccc3n2)c1)N1CCc2ccccc21. The van der Waals surface area contributed by atoms with Gasteiger partial charge in [-0.05, 0) is 48.4 Å². The molecule has 0 fully saturated rings. The average Bonchev–Trinajstić information content (AvgIpc) is 3.36. The highest BCUT2D eigenvalue weighted by Gasteiger charge is 2.25. The molecule has 5 rings (SSSR count). The van der Waals surface area contributed by atoms with Crippen LogP contribution in [0, 0.1) is 0 Å². The van der Waals surface area contributed by atoms with Crippen LogP contribution in [-0.4, -0.2) is 21.8 Å². The second kappa shape index (κ2) is 6.85. The zero-order valence-electron chi connectivity index (χ0n) is 15.3. The maximum absolute atomic E-state index is 13.0. The molecule has 0 aliphatic carbocycles. The number of hydrogen-bond acceptors (Lipinski definition) is 3. The van der Waals surface area contributed by atoms with Gasteiger partial charge in [0.25, 0.3) is 5.91 Å². The largest absolute Gasteiger partial charge is 0.487 e. The number of pyridine rings is 1. The van der Waals surface area contributed by atoms with Crippen molar-refractivity contribution in [3.05, 3.63) is 95.9 Å². The zero-order chi connectivity index (χ0) is 18.9. The van der Waals surface area contributed by atoms with E-state index in [1.807, 2.05) is 76.3 Å². The van der Waals surface area contributed by atoms with Gasteiger partial charge in [-0.1, -0.05) is 30.3 Å². The average molecular weight is 369 g/mol. The summed E-state index contributed by atoms with van der Waals surface area (Å²) in [6.45, 7) is 1.07. The third kappa shape index (κ3) is 3.01. The van der Waals surface area contributed by atoms with Gasteiger partial charge in [-0.25, -0.2) is 4.98 Å². The number of para-hydroxylation sites is 1. The number of nitrogens with zero attached hydrogens (tertiary/aromatic N) is 3. The Labute approximate surface area is 162 Å². The molecule has 28 heavy (non-hydrogen) atoms. The van der Waals surface area contributed by atoms with Crippen LogP contribution in [0.2, 0.25) is 0 Å². The molecule has 2 aromatic carbocycles. The normalized spacial score (nSPS) is 12.9. The molecule has 4 aromatic rings. The van der Waals surface area contributed by atoms with Gasteiger partial charge in [0.1, 0.15) is 18.0 Å². The number of ether oxygens (including phenoxy) is 1. The van der Waals surface area contributed by atoms with E-state index in [1.54, 1.807) is 6.07 Å². The minimum absolute atomic E-state index is 0.00290. The van der Waals surface area contributed by atoms with E-state index < -0.39 is 0 Å². The summed E-state index contributed by atoms with van der Waals surface area (Å²) in [5, 5.41) is 0. The highest BCUT2D eigenvalue weighted by atomic mass is 16.5. The Balaban J connectivity index is 1.33. The number of carbonyl (C=O) groups is 1. The molecule has 0 saturated heterocycles. The van der Waals surface area contributed by atoms with Crippen LogP contribution >= 0.6 is 0 Å². The molecule has 1 aliphatic heterocycles. The lowest BCUT2D eigenvalue weighted by molar-refractivity contribution is 0.0989. The summed E-state index contributed by atoms with van der Waals surface area (Å²) in [4.78, 5) is 19.4. The summed E-state index contributed by atoms with van der Waals surface area (Å²) in [6.07, 6.45) is 4.80. The molecule has 0 atom stereocenters. The summed E-state index contributed by atoms with van der Waals surface area (Å²) < 4.78 is 7.86. The van der Waals surface area contributed by atoms with Crippen molar-refractivity contribution in [1.82, 2.24) is 9.38 Å². The summed E-state index contributed by atoms with van der Waals surface area (Å²) in [6, 6.07) is 21.3. The zero-order valence-corrected chi connectivity index (χ0v) is 15.3. The molecule has 5 heteroatoms. The fraction of sp³-hybridized carbons (Fsp3) is 0.130. The van der Waals surface area contributed by atoms with Gasteiger partial charge in [0.05, 0.1) is 5.69 Å². The van der Waals surface area contributed by atoms with Crippen molar-refractivity contribution in [3.8, 4) is 5.75 Å². The number of fused-ring (bicyclic) bond motifs is 2. The highest BCUT2D eigenvalue weighted by Crippen LogP contribution is 2.29. The van der Waals surface area contributed by atoms with E-state index in [0.29, 0.717) is 24.5 Å². The smallest absolute Gasteiger partial charge is 0.258 e. The number of carbonyl (C=O) groups excluding carboxylic acids is 1. The first-order valence-electron chi connectivity index (χ1n) is 9.33. The maximum Gasteiger partial charge on any atom is 0.258 e. The van der Waals surface area contributed by atoms with Crippen molar-refractivity contribution in [1.29, 1.82) is 0 Å². The Kier molecular flexibility index (Phi) is 4.05. The fourth-order valence-corrected chi connectivity index (χ4v) is 3.64. The lowest BCUT2D eigenvalue weighted by Crippen LogP contribution is -2.28. The van der Waals surface area contributed by atoms with Crippen LogP contribution in [0.3, 0.4) is 0 Å². The Morgan fingerprint density at radius 3 is 2.86 bits per heavy atom. The monoisotopic (exact) mass is 369 g/mol. The van der Waals surface area contributed by atoms with E-state index in [9.17, 15) is 4.79 Å². The lowest BCUT2D eigenvalue weighted by Gasteiger charge is -2.17. The fourth-order valence-electron chi connectivity index (χ4n) is 3.64. The van der Waals surface area contributed by atoms with E-state index >= 15 is 0 Å². The van der Waals surface area contributed by atoms with Crippen LogP contribution in [0.1, 0.15) is 21.6 Å². The molecule has 1 amide bonds. The number of hydrogen-bond donors (Lipinski definition) is 0. The van der Waals surface area contributed by atoms with E-state index in [-0.39, 0.29) is 5.91 Å². The Morgan fingerprint density at radius 1 is 1.04 bits per heavy atom. The second-order valence-electron chi connectivity index (χ2n) is 6.85. The van der Waals surface area contributed by atoms with Gasteiger partial charge in [-0.15, -0.1) is 0 Å². The molecule has 0 bridgehead atoms. The Morgan fingerprint density at radius 2 is 1.93 bits per heavy atom. The minimum Gasteiger partial charge on any atom is -0.487 e. The third-order valence-electron chi connectivity index (χ3n) is 5.01. The lowest BCUT2D eigenvalue weighted by atomic mass is 10.1. The van der Waals surface area contributed by atoms with Gasteiger partial charge >= 0.3 is 0 Å². The van der Waals surface area contributed by atoms with Crippen molar-refractivity contribution < 1.29 is 9.53 Å². The summed E-state index contributed by atoms with van der Waals surface area (Å²) in [5.74, 6) is 0.665. The Bertz CT molecular complexity index is 1130. The van der Waals surface area contributed by atoms with Crippen LogP contribution in [0.25, 0.3) is 5.65 Å². The number of rotatable bonds is 4. The quantitative estimate of drug-likeness (QED) is 0.544. The van der Waals surface area contributed by atoms with E-state index in [0.717, 1.165) is 23.4 Å². The molecule has 5 nitrogen and oxygen atoms in total. The molecule has 138 valence electrons. The number of imidazole rings is 1. The van der Waals surface area contributed by atoms with Crippen LogP contribution < -0.4 is 9.64 Å². The molecule has 1 aliphatic rings. The van der Waals surface area contributed by atoms with Crippen LogP contribution in [-0.2, 0) is 13.0 Å². The molecule has 0 saturated carbocycles. The van der Waals surface area contributed by atoms with Gasteiger partial charge in [0.15, 0.2) is 0 Å². The molecule has 0 unspecified atom stereocenters. The van der Waals surface area contributed by atoms with Crippen molar-refractivity contribution in [3.63, 3.8) is 0 Å².